The Morgan fingerprint density at radius 2 is 2.04 bits per heavy atom. The van der Waals surface area contributed by atoms with Gasteiger partial charge in [0.05, 0.1) is 21.1 Å². The second-order valence-corrected chi connectivity index (χ2v) is 6.82. The lowest BCUT2D eigenvalue weighted by molar-refractivity contribution is 0.117. The summed E-state index contributed by atoms with van der Waals surface area (Å²) in [6, 6.07) is 10.5. The average molecular weight is 429 g/mol. The van der Waals surface area contributed by atoms with Gasteiger partial charge in [-0.05, 0) is 43.3 Å². The molecule has 0 spiro atoms. The van der Waals surface area contributed by atoms with Gasteiger partial charge in [-0.1, -0.05) is 39.1 Å². The molecule has 0 fully saturated rings. The van der Waals surface area contributed by atoms with Crippen molar-refractivity contribution < 1.29 is 9.53 Å². The number of nitrogens with zero attached hydrogens (tertiary/aromatic N) is 1. The maximum Gasteiger partial charge on any atom is 0.412 e. The van der Waals surface area contributed by atoms with Gasteiger partial charge in [0.15, 0.2) is 6.10 Å². The summed E-state index contributed by atoms with van der Waals surface area (Å²) in [4.78, 5) is 19.6. The Labute approximate surface area is 156 Å². The van der Waals surface area contributed by atoms with Gasteiger partial charge in [-0.15, -0.1) is 0 Å². The molecule has 0 saturated carbocycles. The molecule has 2 N–H and O–H groups in total. The monoisotopic (exact) mass is 427 g/mol. The molecule has 0 aliphatic carbocycles. The van der Waals surface area contributed by atoms with Gasteiger partial charge in [0.25, 0.3) is 0 Å². The lowest BCUT2D eigenvalue weighted by atomic mass is 10.3. The first-order valence-corrected chi connectivity index (χ1v) is 8.55. The van der Waals surface area contributed by atoms with Crippen LogP contribution in [0.3, 0.4) is 0 Å². The van der Waals surface area contributed by atoms with Crippen molar-refractivity contribution in [3.8, 4) is 0 Å². The first-order chi connectivity index (χ1) is 11.4. The molecule has 1 aromatic heterocycles. The third-order valence-electron chi connectivity index (χ3n) is 3.30. The Kier molecular flexibility index (Phi) is 4.99. The smallest absolute Gasteiger partial charge is 0.412 e. The second kappa shape index (κ2) is 7.01. The molecule has 1 atom stereocenters. The highest BCUT2D eigenvalue weighted by atomic mass is 79.9. The van der Waals surface area contributed by atoms with Gasteiger partial charge in [0.1, 0.15) is 5.82 Å². The predicted molar refractivity (Wildman–Crippen MR) is 98.8 cm³/mol. The molecule has 5 nitrogen and oxygen atoms in total. The van der Waals surface area contributed by atoms with Crippen LogP contribution in [0.15, 0.2) is 40.9 Å². The lowest BCUT2D eigenvalue weighted by Gasteiger charge is -2.12. The molecule has 0 bridgehead atoms. The standard InChI is InChI=1S/C16H12BrCl2N3O2/c1-8(15-21-13-5-2-9(17)6-14(13)22-15)24-16(23)20-10-3-4-11(18)12(19)7-10/h2-8H,1H3,(H,20,23)(H,21,22). The average Bonchev–Trinajstić information content (AvgIpc) is 2.94. The van der Waals surface area contributed by atoms with Gasteiger partial charge in [-0.2, -0.15) is 0 Å². The maximum absolute atomic E-state index is 12.0. The number of aromatic nitrogens is 2. The molecule has 8 heteroatoms. The minimum atomic E-state index is -0.609. The number of halogens is 3. The molecule has 3 rings (SSSR count). The van der Waals surface area contributed by atoms with Crippen LogP contribution in [0.4, 0.5) is 10.5 Å². The molecular weight excluding hydrogens is 417 g/mol. The van der Waals surface area contributed by atoms with Crippen LogP contribution in [0.2, 0.25) is 10.0 Å². The van der Waals surface area contributed by atoms with Crippen LogP contribution >= 0.6 is 39.1 Å². The lowest BCUT2D eigenvalue weighted by Crippen LogP contribution is -2.16. The molecule has 1 amide bonds. The molecule has 1 heterocycles. The van der Waals surface area contributed by atoms with Crippen molar-refractivity contribution in [2.45, 2.75) is 13.0 Å². The number of ether oxygens (including phenoxy) is 1. The molecule has 24 heavy (non-hydrogen) atoms. The van der Waals surface area contributed by atoms with E-state index in [-0.39, 0.29) is 0 Å². The van der Waals surface area contributed by atoms with E-state index >= 15 is 0 Å². The summed E-state index contributed by atoms with van der Waals surface area (Å²) in [6.07, 6.45) is -1.15. The van der Waals surface area contributed by atoms with Gasteiger partial charge in [-0.25, -0.2) is 9.78 Å². The van der Waals surface area contributed by atoms with E-state index < -0.39 is 12.2 Å². The number of amides is 1. The number of benzene rings is 2. The number of hydrogen-bond acceptors (Lipinski definition) is 3. The molecule has 0 saturated heterocycles. The zero-order valence-electron chi connectivity index (χ0n) is 12.4. The SMILES string of the molecule is CC(OC(=O)Nc1ccc(Cl)c(Cl)c1)c1nc2ccc(Br)cc2[nH]1. The zero-order valence-corrected chi connectivity index (χ0v) is 15.5. The van der Waals surface area contributed by atoms with Gasteiger partial charge < -0.3 is 9.72 Å². The number of hydrogen-bond donors (Lipinski definition) is 2. The number of carbonyl (C=O) groups is 1. The van der Waals surface area contributed by atoms with Crippen LogP contribution < -0.4 is 5.32 Å². The van der Waals surface area contributed by atoms with Crippen molar-refractivity contribution in [3.05, 3.63) is 56.7 Å². The Balaban J connectivity index is 1.69. The molecule has 3 aromatic rings. The minimum Gasteiger partial charge on any atom is -0.438 e. The minimum absolute atomic E-state index is 0.352. The van der Waals surface area contributed by atoms with Crippen LogP contribution in [-0.2, 0) is 4.74 Å². The van der Waals surface area contributed by atoms with E-state index in [4.69, 9.17) is 27.9 Å². The first-order valence-electron chi connectivity index (χ1n) is 7.00. The highest BCUT2D eigenvalue weighted by Crippen LogP contribution is 2.26. The van der Waals surface area contributed by atoms with Crippen molar-refractivity contribution in [3.63, 3.8) is 0 Å². The number of aromatic amines is 1. The molecule has 2 aromatic carbocycles. The number of nitrogens with one attached hydrogen (secondary N) is 2. The summed E-state index contributed by atoms with van der Waals surface area (Å²) in [7, 11) is 0. The Hall–Kier alpha value is -1.76. The molecule has 0 radical (unpaired) electrons. The third kappa shape index (κ3) is 3.83. The van der Waals surface area contributed by atoms with Gasteiger partial charge >= 0.3 is 6.09 Å². The van der Waals surface area contributed by atoms with Crippen LogP contribution in [0.1, 0.15) is 18.9 Å². The molecule has 0 aliphatic rings. The quantitative estimate of drug-likeness (QED) is 0.542. The maximum atomic E-state index is 12.0. The molecule has 0 aliphatic heterocycles. The summed E-state index contributed by atoms with van der Waals surface area (Å²) in [5, 5.41) is 3.37. The largest absolute Gasteiger partial charge is 0.438 e. The third-order valence-corrected chi connectivity index (χ3v) is 4.53. The van der Waals surface area contributed by atoms with Crippen LogP contribution in [0, 0.1) is 0 Å². The van der Waals surface area contributed by atoms with Gasteiger partial charge in [0.2, 0.25) is 0 Å². The zero-order chi connectivity index (χ0) is 17.3. The number of fused-ring (bicyclic) bond motifs is 1. The predicted octanol–water partition coefficient (Wildman–Crippen LogP) is 5.94. The van der Waals surface area contributed by atoms with E-state index in [1.165, 1.54) is 0 Å². The van der Waals surface area contributed by atoms with E-state index in [1.807, 2.05) is 18.2 Å². The van der Waals surface area contributed by atoms with Crippen molar-refractivity contribution in [2.75, 3.05) is 5.32 Å². The van der Waals surface area contributed by atoms with Crippen molar-refractivity contribution in [1.29, 1.82) is 0 Å². The van der Waals surface area contributed by atoms with Gasteiger partial charge in [0, 0.05) is 10.2 Å². The first kappa shape index (κ1) is 17.1. The fourth-order valence-electron chi connectivity index (χ4n) is 2.13. The number of carbonyl (C=O) groups excluding carboxylic acids is 1. The van der Waals surface area contributed by atoms with E-state index in [0.717, 1.165) is 15.5 Å². The van der Waals surface area contributed by atoms with Gasteiger partial charge in [-0.3, -0.25) is 5.32 Å². The molecule has 124 valence electrons. The van der Waals surface area contributed by atoms with E-state index in [1.54, 1.807) is 25.1 Å². The summed E-state index contributed by atoms with van der Waals surface area (Å²) in [5.41, 5.74) is 2.16. The number of H-pyrrole nitrogens is 1. The van der Waals surface area contributed by atoms with E-state index in [9.17, 15) is 4.79 Å². The summed E-state index contributed by atoms with van der Waals surface area (Å²) < 4.78 is 6.28. The second-order valence-electron chi connectivity index (χ2n) is 5.08. The highest BCUT2D eigenvalue weighted by Gasteiger charge is 2.16. The fraction of sp³-hybridized carbons (Fsp3) is 0.125. The van der Waals surface area contributed by atoms with E-state index in [0.29, 0.717) is 21.6 Å². The fourth-order valence-corrected chi connectivity index (χ4v) is 2.79. The highest BCUT2D eigenvalue weighted by molar-refractivity contribution is 9.10. The van der Waals surface area contributed by atoms with Crippen LogP contribution in [0.25, 0.3) is 11.0 Å². The number of anilines is 1. The summed E-state index contributed by atoms with van der Waals surface area (Å²) in [5.74, 6) is 0.562. The van der Waals surface area contributed by atoms with Crippen LogP contribution in [0.5, 0.6) is 0 Å². The molecule has 1 unspecified atom stereocenters. The topological polar surface area (TPSA) is 67.0 Å². The summed E-state index contributed by atoms with van der Waals surface area (Å²) >= 11 is 15.2. The van der Waals surface area contributed by atoms with Crippen molar-refractivity contribution >= 4 is 61.9 Å². The van der Waals surface area contributed by atoms with Crippen LogP contribution in [-0.4, -0.2) is 16.1 Å². The van der Waals surface area contributed by atoms with E-state index in [2.05, 4.69) is 31.2 Å². The number of imidazole rings is 1. The Bertz CT molecular complexity index is 913. The Morgan fingerprint density at radius 1 is 1.25 bits per heavy atom. The Morgan fingerprint density at radius 3 is 2.79 bits per heavy atom. The summed E-state index contributed by atoms with van der Waals surface area (Å²) in [6.45, 7) is 1.74. The molecular formula is C16H12BrCl2N3O2. The number of rotatable bonds is 3. The van der Waals surface area contributed by atoms with Crippen molar-refractivity contribution in [2.24, 2.45) is 0 Å². The van der Waals surface area contributed by atoms with Crippen molar-refractivity contribution in [1.82, 2.24) is 9.97 Å². The normalized spacial score (nSPS) is 12.2.